The average Bonchev–Trinajstić information content (AvgIpc) is 2.47. The Bertz CT molecular complexity index is 272. The Balaban J connectivity index is 2.05. The van der Waals surface area contributed by atoms with Gasteiger partial charge in [-0.1, -0.05) is 0 Å². The summed E-state index contributed by atoms with van der Waals surface area (Å²) < 4.78 is 11.7. The standard InChI is InChI=1S/C13H24O3S/c1-12(2)7-9(13(3,4)16-12)11(14)10-8-17-6-5-15-10/h9-11,14H,5-8H2,1-4H3. The van der Waals surface area contributed by atoms with Crippen molar-refractivity contribution in [2.75, 3.05) is 18.1 Å². The number of aliphatic hydroxyl groups excluding tert-OH is 1. The molecule has 0 aliphatic carbocycles. The highest BCUT2D eigenvalue weighted by molar-refractivity contribution is 7.99. The number of hydrogen-bond acceptors (Lipinski definition) is 4. The third-order valence-corrected chi connectivity index (χ3v) is 4.80. The molecule has 0 saturated carbocycles. The summed E-state index contributed by atoms with van der Waals surface area (Å²) in [6.45, 7) is 9.09. The summed E-state index contributed by atoms with van der Waals surface area (Å²) in [5.74, 6) is 2.09. The number of thioether (sulfide) groups is 1. The largest absolute Gasteiger partial charge is 0.390 e. The molecule has 1 N–H and O–H groups in total. The molecule has 2 aliphatic rings. The van der Waals surface area contributed by atoms with E-state index in [0.29, 0.717) is 0 Å². The van der Waals surface area contributed by atoms with E-state index < -0.39 is 6.10 Å². The van der Waals surface area contributed by atoms with Crippen LogP contribution in [0.15, 0.2) is 0 Å². The molecule has 2 rings (SSSR count). The van der Waals surface area contributed by atoms with Crippen LogP contribution < -0.4 is 0 Å². The minimum absolute atomic E-state index is 0.0319. The van der Waals surface area contributed by atoms with E-state index in [1.807, 2.05) is 11.8 Å². The van der Waals surface area contributed by atoms with Gasteiger partial charge in [-0.3, -0.25) is 0 Å². The summed E-state index contributed by atoms with van der Waals surface area (Å²) in [4.78, 5) is 0. The molecule has 4 heteroatoms. The summed E-state index contributed by atoms with van der Waals surface area (Å²) in [6.07, 6.45) is 0.446. The summed E-state index contributed by atoms with van der Waals surface area (Å²) in [7, 11) is 0. The molecule has 0 bridgehead atoms. The number of rotatable bonds is 2. The van der Waals surface area contributed by atoms with Crippen molar-refractivity contribution < 1.29 is 14.6 Å². The minimum atomic E-state index is -0.417. The highest BCUT2D eigenvalue weighted by atomic mass is 32.2. The Morgan fingerprint density at radius 1 is 1.29 bits per heavy atom. The summed E-state index contributed by atoms with van der Waals surface area (Å²) in [5, 5.41) is 10.5. The third kappa shape index (κ3) is 2.98. The van der Waals surface area contributed by atoms with Gasteiger partial charge in [0.2, 0.25) is 0 Å². The predicted octanol–water partition coefficient (Wildman–Crippen LogP) is 2.07. The van der Waals surface area contributed by atoms with Crippen LogP contribution in [0.25, 0.3) is 0 Å². The van der Waals surface area contributed by atoms with E-state index in [1.165, 1.54) is 0 Å². The van der Waals surface area contributed by atoms with Crippen molar-refractivity contribution in [1.29, 1.82) is 0 Å². The van der Waals surface area contributed by atoms with Gasteiger partial charge in [0.1, 0.15) is 0 Å². The van der Waals surface area contributed by atoms with Crippen molar-refractivity contribution in [3.63, 3.8) is 0 Å². The van der Waals surface area contributed by atoms with Crippen LogP contribution in [0, 0.1) is 5.92 Å². The molecule has 0 aromatic carbocycles. The van der Waals surface area contributed by atoms with Crippen LogP contribution >= 0.6 is 11.8 Å². The maximum atomic E-state index is 10.5. The second-order valence-electron chi connectivity index (χ2n) is 6.25. The van der Waals surface area contributed by atoms with E-state index in [-0.39, 0.29) is 23.2 Å². The molecule has 0 radical (unpaired) electrons. The lowest BCUT2D eigenvalue weighted by Gasteiger charge is -2.35. The zero-order valence-electron chi connectivity index (χ0n) is 11.2. The van der Waals surface area contributed by atoms with Crippen LogP contribution in [-0.2, 0) is 9.47 Å². The van der Waals surface area contributed by atoms with Gasteiger partial charge in [0, 0.05) is 17.4 Å². The van der Waals surface area contributed by atoms with Gasteiger partial charge in [0.15, 0.2) is 0 Å². The first-order valence-electron chi connectivity index (χ1n) is 6.39. The van der Waals surface area contributed by atoms with Gasteiger partial charge in [-0.15, -0.1) is 0 Å². The minimum Gasteiger partial charge on any atom is -0.390 e. The van der Waals surface area contributed by atoms with Crippen molar-refractivity contribution in [3.8, 4) is 0 Å². The second-order valence-corrected chi connectivity index (χ2v) is 7.40. The molecule has 0 aromatic heterocycles. The molecule has 100 valence electrons. The number of hydrogen-bond donors (Lipinski definition) is 1. The quantitative estimate of drug-likeness (QED) is 0.825. The lowest BCUT2D eigenvalue weighted by Crippen LogP contribution is -2.46. The second kappa shape index (κ2) is 4.72. The van der Waals surface area contributed by atoms with Crippen molar-refractivity contribution in [2.24, 2.45) is 5.92 Å². The van der Waals surface area contributed by atoms with Crippen LogP contribution in [-0.4, -0.2) is 46.6 Å². The smallest absolute Gasteiger partial charge is 0.0928 e. The summed E-state index contributed by atoms with van der Waals surface area (Å²) >= 11 is 1.86. The van der Waals surface area contributed by atoms with Crippen LogP contribution in [0.5, 0.6) is 0 Å². The molecular formula is C13H24O3S. The van der Waals surface area contributed by atoms with Crippen LogP contribution in [0.3, 0.4) is 0 Å². The number of aliphatic hydroxyl groups is 1. The third-order valence-electron chi connectivity index (χ3n) is 3.78. The zero-order valence-corrected chi connectivity index (χ0v) is 12.0. The predicted molar refractivity (Wildman–Crippen MR) is 70.4 cm³/mol. The van der Waals surface area contributed by atoms with Gasteiger partial charge in [-0.25, -0.2) is 0 Å². The summed E-state index contributed by atoms with van der Waals surface area (Å²) in [5.41, 5.74) is -0.411. The van der Waals surface area contributed by atoms with E-state index in [2.05, 4.69) is 27.7 Å². The molecule has 3 nitrogen and oxygen atoms in total. The van der Waals surface area contributed by atoms with E-state index in [1.54, 1.807) is 0 Å². The Morgan fingerprint density at radius 2 is 2.00 bits per heavy atom. The molecule has 17 heavy (non-hydrogen) atoms. The Hall–Kier alpha value is 0.230. The highest BCUT2D eigenvalue weighted by Crippen LogP contribution is 2.44. The van der Waals surface area contributed by atoms with Crippen molar-refractivity contribution >= 4 is 11.8 Å². The highest BCUT2D eigenvalue weighted by Gasteiger charge is 2.50. The molecule has 0 spiro atoms. The SMILES string of the molecule is CC1(C)CC(C(O)C2CSCCO2)C(C)(C)O1. The van der Waals surface area contributed by atoms with Crippen molar-refractivity contribution in [2.45, 2.75) is 57.5 Å². The van der Waals surface area contributed by atoms with Crippen LogP contribution in [0.4, 0.5) is 0 Å². The fourth-order valence-electron chi connectivity index (χ4n) is 3.10. The monoisotopic (exact) mass is 260 g/mol. The van der Waals surface area contributed by atoms with Crippen LogP contribution in [0.1, 0.15) is 34.1 Å². The number of ether oxygens (including phenoxy) is 2. The normalized spacial score (nSPS) is 37.9. The van der Waals surface area contributed by atoms with Gasteiger partial charge in [-0.05, 0) is 34.1 Å². The van der Waals surface area contributed by atoms with E-state index >= 15 is 0 Å². The zero-order chi connectivity index (χ0) is 12.7. The van der Waals surface area contributed by atoms with E-state index in [0.717, 1.165) is 24.5 Å². The maximum absolute atomic E-state index is 10.5. The first-order valence-corrected chi connectivity index (χ1v) is 7.55. The van der Waals surface area contributed by atoms with Gasteiger partial charge in [0.25, 0.3) is 0 Å². The topological polar surface area (TPSA) is 38.7 Å². The van der Waals surface area contributed by atoms with Gasteiger partial charge in [0.05, 0.1) is 30.0 Å². The first kappa shape index (κ1) is 13.7. The molecule has 2 heterocycles. The van der Waals surface area contributed by atoms with Crippen molar-refractivity contribution in [1.82, 2.24) is 0 Å². The van der Waals surface area contributed by atoms with Gasteiger partial charge < -0.3 is 14.6 Å². The van der Waals surface area contributed by atoms with Crippen molar-refractivity contribution in [3.05, 3.63) is 0 Å². The fraction of sp³-hybridized carbons (Fsp3) is 1.00. The summed E-state index contributed by atoms with van der Waals surface area (Å²) in [6, 6.07) is 0. The lowest BCUT2D eigenvalue weighted by atomic mass is 9.81. The molecule has 0 aromatic rings. The Morgan fingerprint density at radius 3 is 2.47 bits per heavy atom. The Labute approximate surface area is 108 Å². The van der Waals surface area contributed by atoms with Gasteiger partial charge in [-0.2, -0.15) is 11.8 Å². The first-order chi connectivity index (χ1) is 7.82. The average molecular weight is 260 g/mol. The molecule has 3 atom stereocenters. The molecule has 2 aliphatic heterocycles. The Kier molecular flexibility index (Phi) is 3.79. The lowest BCUT2D eigenvalue weighted by molar-refractivity contribution is -0.109. The molecule has 3 unspecified atom stereocenters. The van der Waals surface area contributed by atoms with E-state index in [9.17, 15) is 5.11 Å². The van der Waals surface area contributed by atoms with E-state index in [4.69, 9.17) is 9.47 Å². The molecular weight excluding hydrogens is 236 g/mol. The molecule has 0 amide bonds. The fourth-order valence-corrected chi connectivity index (χ4v) is 4.01. The van der Waals surface area contributed by atoms with Gasteiger partial charge >= 0.3 is 0 Å². The molecule has 2 saturated heterocycles. The molecule has 2 fully saturated rings. The maximum Gasteiger partial charge on any atom is 0.0928 e. The van der Waals surface area contributed by atoms with Crippen LogP contribution in [0.2, 0.25) is 0 Å².